The van der Waals surface area contributed by atoms with E-state index in [0.717, 1.165) is 6.42 Å². The topological polar surface area (TPSA) is 20.2 Å². The maximum Gasteiger partial charge on any atom is 0.127 e. The molecule has 0 aromatic heterocycles. The maximum absolute atomic E-state index is 13.9. The highest BCUT2D eigenvalue weighted by molar-refractivity contribution is 6.31. The number of aliphatic hydroxyl groups is 1. The molecule has 1 fully saturated rings. The van der Waals surface area contributed by atoms with E-state index in [1.165, 1.54) is 6.07 Å². The first-order valence-corrected chi connectivity index (χ1v) is 7.24. The van der Waals surface area contributed by atoms with E-state index in [-0.39, 0.29) is 11.2 Å². The van der Waals surface area contributed by atoms with Gasteiger partial charge < -0.3 is 5.11 Å². The van der Waals surface area contributed by atoms with E-state index in [9.17, 15) is 9.50 Å². The second kappa shape index (κ2) is 5.06. The zero-order valence-electron chi connectivity index (χ0n) is 11.8. The summed E-state index contributed by atoms with van der Waals surface area (Å²) >= 11 is 6.07. The molecular formula is C16H22ClFO. The fraction of sp³-hybridized carbons (Fsp3) is 0.625. The molecule has 0 heterocycles. The summed E-state index contributed by atoms with van der Waals surface area (Å²) in [6, 6.07) is 4.68. The predicted octanol–water partition coefficient (Wildman–Crippen LogP) is 4.60. The van der Waals surface area contributed by atoms with Crippen molar-refractivity contribution in [1.29, 1.82) is 0 Å². The summed E-state index contributed by atoms with van der Waals surface area (Å²) in [7, 11) is 0. The molecule has 2 rings (SSSR count). The Balaban J connectivity index is 2.26. The van der Waals surface area contributed by atoms with E-state index < -0.39 is 5.60 Å². The van der Waals surface area contributed by atoms with Crippen molar-refractivity contribution in [3.63, 3.8) is 0 Å². The molecule has 1 aromatic carbocycles. The molecule has 1 N–H and O–H groups in total. The lowest BCUT2D eigenvalue weighted by molar-refractivity contribution is -0.0579. The Morgan fingerprint density at radius 2 is 2.05 bits per heavy atom. The monoisotopic (exact) mass is 284 g/mol. The van der Waals surface area contributed by atoms with Crippen LogP contribution in [0.4, 0.5) is 4.39 Å². The third-order valence-corrected chi connectivity index (χ3v) is 4.36. The average Bonchev–Trinajstić information content (AvgIpc) is 2.20. The van der Waals surface area contributed by atoms with Crippen LogP contribution in [0.5, 0.6) is 0 Å². The van der Waals surface area contributed by atoms with Crippen LogP contribution in [0.25, 0.3) is 0 Å². The van der Waals surface area contributed by atoms with Gasteiger partial charge in [-0.3, -0.25) is 0 Å². The molecule has 2 unspecified atom stereocenters. The van der Waals surface area contributed by atoms with Crippen LogP contribution in [0.2, 0.25) is 5.02 Å². The summed E-state index contributed by atoms with van der Waals surface area (Å²) < 4.78 is 13.9. The lowest BCUT2D eigenvalue weighted by Gasteiger charge is -2.45. The van der Waals surface area contributed by atoms with Crippen LogP contribution in [0.3, 0.4) is 0 Å². The molecule has 0 saturated heterocycles. The Hall–Kier alpha value is -0.600. The first-order valence-electron chi connectivity index (χ1n) is 6.86. The molecule has 1 aliphatic carbocycles. The fourth-order valence-corrected chi connectivity index (χ4v) is 4.09. The van der Waals surface area contributed by atoms with Crippen LogP contribution in [0.15, 0.2) is 18.2 Å². The van der Waals surface area contributed by atoms with Gasteiger partial charge in [0.15, 0.2) is 0 Å². The number of hydrogen-bond acceptors (Lipinski definition) is 1. The van der Waals surface area contributed by atoms with Crippen molar-refractivity contribution in [2.24, 2.45) is 11.3 Å². The Morgan fingerprint density at radius 1 is 1.37 bits per heavy atom. The molecule has 1 aromatic rings. The third kappa shape index (κ3) is 3.49. The van der Waals surface area contributed by atoms with Crippen molar-refractivity contribution in [2.75, 3.05) is 0 Å². The number of rotatable bonds is 2. The van der Waals surface area contributed by atoms with Crippen molar-refractivity contribution < 1.29 is 9.50 Å². The molecule has 106 valence electrons. The predicted molar refractivity (Wildman–Crippen MR) is 76.9 cm³/mol. The Labute approximate surface area is 119 Å². The minimum Gasteiger partial charge on any atom is -0.390 e. The normalized spacial score (nSPS) is 30.3. The van der Waals surface area contributed by atoms with Crippen molar-refractivity contribution in [3.05, 3.63) is 34.6 Å². The summed E-state index contributed by atoms with van der Waals surface area (Å²) in [5.41, 5.74) is -0.325. The SMILES string of the molecule is CC1CC(C)(C)CC(O)(Cc2c(F)cccc2Cl)C1. The van der Waals surface area contributed by atoms with E-state index in [4.69, 9.17) is 11.6 Å². The van der Waals surface area contributed by atoms with Gasteiger partial charge >= 0.3 is 0 Å². The molecular weight excluding hydrogens is 263 g/mol. The van der Waals surface area contributed by atoms with E-state index in [2.05, 4.69) is 20.8 Å². The summed E-state index contributed by atoms with van der Waals surface area (Å²) in [4.78, 5) is 0. The lowest BCUT2D eigenvalue weighted by atomic mass is 9.64. The highest BCUT2D eigenvalue weighted by Crippen LogP contribution is 2.45. The second-order valence-corrected chi connectivity index (χ2v) is 7.36. The van der Waals surface area contributed by atoms with Gasteiger partial charge in [-0.15, -0.1) is 0 Å². The van der Waals surface area contributed by atoms with Gasteiger partial charge in [-0.1, -0.05) is 38.4 Å². The van der Waals surface area contributed by atoms with Gasteiger partial charge in [-0.2, -0.15) is 0 Å². The summed E-state index contributed by atoms with van der Waals surface area (Å²) in [6.45, 7) is 6.47. The van der Waals surface area contributed by atoms with Gasteiger partial charge in [0.2, 0.25) is 0 Å². The van der Waals surface area contributed by atoms with Crippen molar-refractivity contribution in [2.45, 2.75) is 52.1 Å². The molecule has 1 saturated carbocycles. The summed E-state index contributed by atoms with van der Waals surface area (Å²) in [6.07, 6.45) is 2.79. The second-order valence-electron chi connectivity index (χ2n) is 6.96. The van der Waals surface area contributed by atoms with E-state index in [1.807, 2.05) is 0 Å². The largest absolute Gasteiger partial charge is 0.390 e. The van der Waals surface area contributed by atoms with E-state index in [1.54, 1.807) is 12.1 Å². The highest BCUT2D eigenvalue weighted by Gasteiger charge is 2.42. The van der Waals surface area contributed by atoms with E-state index in [0.29, 0.717) is 35.8 Å². The van der Waals surface area contributed by atoms with Gasteiger partial charge in [0, 0.05) is 17.0 Å². The smallest absolute Gasteiger partial charge is 0.127 e. The van der Waals surface area contributed by atoms with Crippen LogP contribution in [0, 0.1) is 17.2 Å². The Kier molecular flexibility index (Phi) is 3.95. The third-order valence-electron chi connectivity index (χ3n) is 4.00. The van der Waals surface area contributed by atoms with Crippen molar-refractivity contribution in [3.8, 4) is 0 Å². The average molecular weight is 285 g/mol. The zero-order chi connectivity index (χ0) is 14.3. The molecule has 1 aliphatic rings. The minimum absolute atomic E-state index is 0.0874. The molecule has 0 bridgehead atoms. The van der Waals surface area contributed by atoms with Gasteiger partial charge in [0.25, 0.3) is 0 Å². The Bertz CT molecular complexity index is 452. The molecule has 19 heavy (non-hydrogen) atoms. The van der Waals surface area contributed by atoms with Crippen molar-refractivity contribution >= 4 is 11.6 Å². The number of halogens is 2. The quantitative estimate of drug-likeness (QED) is 0.841. The molecule has 0 spiro atoms. The molecule has 0 amide bonds. The van der Waals surface area contributed by atoms with Crippen LogP contribution >= 0.6 is 11.6 Å². The van der Waals surface area contributed by atoms with Crippen LogP contribution in [-0.2, 0) is 6.42 Å². The van der Waals surface area contributed by atoms with Gasteiger partial charge in [-0.05, 0) is 42.7 Å². The van der Waals surface area contributed by atoms with Gasteiger partial charge in [-0.25, -0.2) is 4.39 Å². The number of benzene rings is 1. The Morgan fingerprint density at radius 3 is 2.63 bits per heavy atom. The summed E-state index contributed by atoms with van der Waals surface area (Å²) in [5.74, 6) is 0.122. The molecule has 0 aliphatic heterocycles. The van der Waals surface area contributed by atoms with Crippen LogP contribution < -0.4 is 0 Å². The van der Waals surface area contributed by atoms with Crippen molar-refractivity contribution in [1.82, 2.24) is 0 Å². The lowest BCUT2D eigenvalue weighted by Crippen LogP contribution is -2.43. The first-order chi connectivity index (χ1) is 8.71. The molecule has 2 atom stereocenters. The zero-order valence-corrected chi connectivity index (χ0v) is 12.6. The van der Waals surface area contributed by atoms with Crippen LogP contribution in [0.1, 0.15) is 45.6 Å². The van der Waals surface area contributed by atoms with Crippen LogP contribution in [-0.4, -0.2) is 10.7 Å². The molecule has 3 heteroatoms. The minimum atomic E-state index is -0.854. The molecule has 1 nitrogen and oxygen atoms in total. The fourth-order valence-electron chi connectivity index (χ4n) is 3.86. The van der Waals surface area contributed by atoms with Gasteiger partial charge in [0.1, 0.15) is 5.82 Å². The first kappa shape index (κ1) is 14.8. The highest BCUT2D eigenvalue weighted by atomic mass is 35.5. The maximum atomic E-state index is 13.9. The van der Waals surface area contributed by atoms with E-state index >= 15 is 0 Å². The molecule has 0 radical (unpaired) electrons. The van der Waals surface area contributed by atoms with Gasteiger partial charge in [0.05, 0.1) is 5.60 Å². The summed E-state index contributed by atoms with van der Waals surface area (Å²) in [5, 5.41) is 11.3. The standard InChI is InChI=1S/C16H22ClFO/c1-11-7-15(2,3)10-16(19,8-11)9-12-13(17)5-4-6-14(12)18/h4-6,11,19H,7-10H2,1-3H3. The number of hydrogen-bond donors (Lipinski definition) is 1.